The largest absolute Gasteiger partial charge is 0.467 e. The maximum Gasteiger partial charge on any atom is 0.328 e. The molecule has 0 bridgehead atoms. The SMILES string of the molecule is COC(=O)[C@@H](CCSC)NC(=O)Nc1cn(CC(C)C)c(=O)c2ccccc12. The summed E-state index contributed by atoms with van der Waals surface area (Å²) in [5, 5.41) is 6.64. The molecule has 152 valence electrons. The van der Waals surface area contributed by atoms with Crippen molar-refractivity contribution in [2.45, 2.75) is 32.9 Å². The highest BCUT2D eigenvalue weighted by Gasteiger charge is 2.21. The number of hydrogen-bond donors (Lipinski definition) is 2. The summed E-state index contributed by atoms with van der Waals surface area (Å²) in [6.07, 6.45) is 4.05. The summed E-state index contributed by atoms with van der Waals surface area (Å²) in [4.78, 5) is 37.2. The smallest absolute Gasteiger partial charge is 0.328 e. The number of fused-ring (bicyclic) bond motifs is 1. The molecular formula is C20H27N3O4S. The number of nitrogens with one attached hydrogen (secondary N) is 2. The van der Waals surface area contributed by atoms with Crippen molar-refractivity contribution in [3.63, 3.8) is 0 Å². The summed E-state index contributed by atoms with van der Waals surface area (Å²) in [7, 11) is 1.29. The van der Waals surface area contributed by atoms with Gasteiger partial charge in [-0.1, -0.05) is 32.0 Å². The van der Waals surface area contributed by atoms with E-state index in [0.717, 1.165) is 0 Å². The minimum Gasteiger partial charge on any atom is -0.467 e. The number of nitrogens with zero attached hydrogens (tertiary/aromatic N) is 1. The van der Waals surface area contributed by atoms with Crippen LogP contribution in [-0.2, 0) is 16.1 Å². The van der Waals surface area contributed by atoms with Crippen LogP contribution < -0.4 is 16.2 Å². The molecule has 7 nitrogen and oxygen atoms in total. The van der Waals surface area contributed by atoms with Crippen molar-refractivity contribution < 1.29 is 14.3 Å². The first-order valence-electron chi connectivity index (χ1n) is 9.13. The number of carbonyl (C=O) groups is 2. The van der Waals surface area contributed by atoms with Crippen molar-refractivity contribution >= 4 is 40.2 Å². The van der Waals surface area contributed by atoms with Crippen LogP contribution in [0.1, 0.15) is 20.3 Å². The summed E-state index contributed by atoms with van der Waals surface area (Å²) < 4.78 is 6.38. The highest BCUT2D eigenvalue weighted by molar-refractivity contribution is 7.98. The zero-order chi connectivity index (χ0) is 20.7. The van der Waals surface area contributed by atoms with E-state index in [0.29, 0.717) is 35.2 Å². The van der Waals surface area contributed by atoms with E-state index < -0.39 is 18.0 Å². The number of anilines is 1. The van der Waals surface area contributed by atoms with Gasteiger partial charge in [-0.3, -0.25) is 4.79 Å². The van der Waals surface area contributed by atoms with Crippen molar-refractivity contribution in [2.24, 2.45) is 5.92 Å². The first-order chi connectivity index (χ1) is 13.4. The predicted octanol–water partition coefficient (Wildman–Crippen LogP) is 3.07. The number of aromatic nitrogens is 1. The lowest BCUT2D eigenvalue weighted by molar-refractivity contribution is -0.142. The Morgan fingerprint density at radius 1 is 1.21 bits per heavy atom. The molecule has 28 heavy (non-hydrogen) atoms. The summed E-state index contributed by atoms with van der Waals surface area (Å²) in [6, 6.07) is 5.89. The van der Waals surface area contributed by atoms with Crippen LogP contribution in [0.25, 0.3) is 10.8 Å². The van der Waals surface area contributed by atoms with E-state index in [1.54, 1.807) is 40.7 Å². The lowest BCUT2D eigenvalue weighted by atomic mass is 10.1. The summed E-state index contributed by atoms with van der Waals surface area (Å²) >= 11 is 1.58. The number of esters is 1. The van der Waals surface area contributed by atoms with Crippen LogP contribution in [0, 0.1) is 5.92 Å². The molecule has 2 rings (SSSR count). The highest BCUT2D eigenvalue weighted by atomic mass is 32.2. The number of carbonyl (C=O) groups excluding carboxylic acids is 2. The third-order valence-electron chi connectivity index (χ3n) is 4.21. The topological polar surface area (TPSA) is 89.4 Å². The van der Waals surface area contributed by atoms with Crippen molar-refractivity contribution in [2.75, 3.05) is 24.4 Å². The van der Waals surface area contributed by atoms with E-state index in [2.05, 4.69) is 10.6 Å². The van der Waals surface area contributed by atoms with Gasteiger partial charge in [0.2, 0.25) is 0 Å². The number of amides is 2. The van der Waals surface area contributed by atoms with Gasteiger partial charge in [0, 0.05) is 23.5 Å². The number of thioether (sulfide) groups is 1. The van der Waals surface area contributed by atoms with Gasteiger partial charge in [-0.2, -0.15) is 11.8 Å². The number of pyridine rings is 1. The Hall–Kier alpha value is -2.48. The number of rotatable bonds is 8. The molecule has 1 aromatic heterocycles. The van der Waals surface area contributed by atoms with Crippen LogP contribution in [-0.4, -0.2) is 41.7 Å². The minimum atomic E-state index is -0.731. The van der Waals surface area contributed by atoms with Gasteiger partial charge in [0.1, 0.15) is 6.04 Å². The fraction of sp³-hybridized carbons (Fsp3) is 0.450. The van der Waals surface area contributed by atoms with Gasteiger partial charge < -0.3 is 19.9 Å². The lowest BCUT2D eigenvalue weighted by Gasteiger charge is -2.18. The molecule has 0 unspecified atom stereocenters. The molecule has 0 aliphatic carbocycles. The van der Waals surface area contributed by atoms with E-state index in [1.807, 2.05) is 26.2 Å². The highest BCUT2D eigenvalue weighted by Crippen LogP contribution is 2.21. The molecule has 2 amide bonds. The van der Waals surface area contributed by atoms with Gasteiger partial charge in [0.15, 0.2) is 0 Å². The molecule has 0 aliphatic rings. The van der Waals surface area contributed by atoms with E-state index in [9.17, 15) is 14.4 Å². The van der Waals surface area contributed by atoms with Gasteiger partial charge in [-0.25, -0.2) is 9.59 Å². The zero-order valence-corrected chi connectivity index (χ0v) is 17.5. The molecule has 0 fully saturated rings. The monoisotopic (exact) mass is 405 g/mol. The molecule has 0 saturated heterocycles. The lowest BCUT2D eigenvalue weighted by Crippen LogP contribution is -2.44. The predicted molar refractivity (Wildman–Crippen MR) is 114 cm³/mol. The second-order valence-corrected chi connectivity index (χ2v) is 7.88. The van der Waals surface area contributed by atoms with Crippen LogP contribution in [0.3, 0.4) is 0 Å². The van der Waals surface area contributed by atoms with Crippen LogP contribution in [0.5, 0.6) is 0 Å². The van der Waals surface area contributed by atoms with Crippen LogP contribution in [0.15, 0.2) is 35.3 Å². The van der Waals surface area contributed by atoms with Gasteiger partial charge in [-0.15, -0.1) is 0 Å². The molecule has 8 heteroatoms. The zero-order valence-electron chi connectivity index (χ0n) is 16.7. The number of hydrogen-bond acceptors (Lipinski definition) is 5. The molecule has 0 saturated carbocycles. The van der Waals surface area contributed by atoms with Crippen LogP contribution in [0.4, 0.5) is 10.5 Å². The molecule has 0 radical (unpaired) electrons. The standard InChI is InChI=1S/C20H27N3O4S/c1-13(2)11-23-12-17(14-7-5-6-8-15(14)18(23)24)22-20(26)21-16(9-10-28-4)19(25)27-3/h5-8,12-13,16H,9-11H2,1-4H3,(H2,21,22,26)/t16-/m1/s1. The molecule has 2 N–H and O–H groups in total. The van der Waals surface area contributed by atoms with E-state index in [-0.39, 0.29) is 11.5 Å². The Bertz CT molecular complexity index is 895. The Labute approximate surface area is 168 Å². The molecule has 2 aromatic rings. The molecule has 1 aromatic carbocycles. The first-order valence-corrected chi connectivity index (χ1v) is 10.5. The average Bonchev–Trinajstić information content (AvgIpc) is 2.67. The quantitative estimate of drug-likeness (QED) is 0.659. The molecule has 0 spiro atoms. The average molecular weight is 406 g/mol. The van der Waals surface area contributed by atoms with Gasteiger partial charge in [0.25, 0.3) is 5.56 Å². The minimum absolute atomic E-state index is 0.0948. The normalized spacial score (nSPS) is 12.0. The summed E-state index contributed by atoms with van der Waals surface area (Å²) in [5.74, 6) is 0.497. The fourth-order valence-corrected chi connectivity index (χ4v) is 3.39. The molecular weight excluding hydrogens is 378 g/mol. The number of urea groups is 1. The molecule has 0 aliphatic heterocycles. The van der Waals surface area contributed by atoms with E-state index >= 15 is 0 Å². The Balaban J connectivity index is 2.31. The number of methoxy groups -OCH3 is 1. The Morgan fingerprint density at radius 2 is 1.89 bits per heavy atom. The summed E-state index contributed by atoms with van der Waals surface area (Å²) in [6.45, 7) is 4.58. The van der Waals surface area contributed by atoms with Gasteiger partial charge in [-0.05, 0) is 30.4 Å². The second-order valence-electron chi connectivity index (χ2n) is 6.90. The van der Waals surface area contributed by atoms with Crippen molar-refractivity contribution in [3.05, 3.63) is 40.8 Å². The number of benzene rings is 1. The van der Waals surface area contributed by atoms with Gasteiger partial charge >= 0.3 is 12.0 Å². The van der Waals surface area contributed by atoms with Gasteiger partial charge in [0.05, 0.1) is 12.8 Å². The van der Waals surface area contributed by atoms with E-state index in [4.69, 9.17) is 4.74 Å². The fourth-order valence-electron chi connectivity index (χ4n) is 2.92. The van der Waals surface area contributed by atoms with Crippen molar-refractivity contribution in [3.8, 4) is 0 Å². The van der Waals surface area contributed by atoms with Crippen LogP contribution >= 0.6 is 11.8 Å². The second kappa shape index (κ2) is 10.2. The third kappa shape index (κ3) is 5.51. The van der Waals surface area contributed by atoms with Crippen molar-refractivity contribution in [1.29, 1.82) is 0 Å². The maximum absolute atomic E-state index is 12.7. The van der Waals surface area contributed by atoms with Crippen LogP contribution in [0.2, 0.25) is 0 Å². The van der Waals surface area contributed by atoms with Crippen molar-refractivity contribution in [1.82, 2.24) is 9.88 Å². The molecule has 1 atom stereocenters. The summed E-state index contributed by atoms with van der Waals surface area (Å²) in [5.41, 5.74) is 0.421. The maximum atomic E-state index is 12.7. The first kappa shape index (κ1) is 21.8. The third-order valence-corrected chi connectivity index (χ3v) is 4.85. The Kier molecular flexibility index (Phi) is 7.92. The molecule has 1 heterocycles. The van der Waals surface area contributed by atoms with E-state index in [1.165, 1.54) is 7.11 Å². The Morgan fingerprint density at radius 3 is 2.50 bits per heavy atom. The number of ether oxygens (including phenoxy) is 1.